The van der Waals surface area contributed by atoms with Gasteiger partial charge in [0.05, 0.1) is 0 Å². The molecule has 0 bridgehead atoms. The van der Waals surface area contributed by atoms with Crippen molar-refractivity contribution in [2.75, 3.05) is 6.61 Å². The predicted octanol–water partition coefficient (Wildman–Crippen LogP) is 5.20. The summed E-state index contributed by atoms with van der Waals surface area (Å²) in [5.74, 6) is 0. The largest absolute Gasteiger partial charge is 0.522 e. The number of rotatable bonds is 1. The Labute approximate surface area is 97.2 Å². The lowest BCUT2D eigenvalue weighted by molar-refractivity contribution is -0.352. The number of ether oxygens (including phenoxy) is 1. The van der Waals surface area contributed by atoms with Crippen molar-refractivity contribution in [1.82, 2.24) is 0 Å². The molecule has 0 saturated heterocycles. The van der Waals surface area contributed by atoms with Crippen molar-refractivity contribution >= 4 is 0 Å². The standard InChI is InChI=1S/C3H2F6O.C3H8.C2HF3/c4-2(5,6)1-10-3(7,8)9;1-3-2;3-1-2(4)5/h1H2;3H2,1-2H3;1H. The molecule has 0 N–H and O–H groups in total. The second-order valence-electron chi connectivity index (χ2n) is 2.46. The quantitative estimate of drug-likeness (QED) is 0.604. The summed E-state index contributed by atoms with van der Waals surface area (Å²) in [5.41, 5.74) is 0. The fourth-order valence-electron chi connectivity index (χ4n) is 0.164. The molecule has 0 saturated carbocycles. The SMILES string of the molecule is CCC.FC(F)(F)COC(F)(F)F.FC=C(F)F. The third kappa shape index (κ3) is 45.8. The number of alkyl halides is 6. The van der Waals surface area contributed by atoms with Gasteiger partial charge in [0, 0.05) is 0 Å². The van der Waals surface area contributed by atoms with Crippen LogP contribution in [-0.2, 0) is 4.74 Å². The molecule has 0 amide bonds. The molecule has 112 valence electrons. The molecule has 0 unspecified atom stereocenters. The van der Waals surface area contributed by atoms with Crippen LogP contribution in [0.5, 0.6) is 0 Å². The molecule has 0 aromatic carbocycles. The predicted molar refractivity (Wildman–Crippen MR) is 45.4 cm³/mol. The fraction of sp³-hybridized carbons (Fsp3) is 0.750. The van der Waals surface area contributed by atoms with E-state index < -0.39 is 31.6 Å². The van der Waals surface area contributed by atoms with Crippen LogP contribution in [0, 0.1) is 0 Å². The maximum Gasteiger partial charge on any atom is 0.522 e. The molecule has 0 heterocycles. The average molecular weight is 294 g/mol. The van der Waals surface area contributed by atoms with E-state index in [-0.39, 0.29) is 0 Å². The van der Waals surface area contributed by atoms with E-state index in [9.17, 15) is 39.5 Å². The summed E-state index contributed by atoms with van der Waals surface area (Å²) < 4.78 is 98.6. The summed E-state index contributed by atoms with van der Waals surface area (Å²) in [6.45, 7) is 1.95. The van der Waals surface area contributed by atoms with Crippen molar-refractivity contribution in [3.63, 3.8) is 0 Å². The average Bonchev–Trinajstić information content (AvgIpc) is 2.15. The van der Waals surface area contributed by atoms with Crippen LogP contribution in [0.4, 0.5) is 39.5 Å². The zero-order valence-corrected chi connectivity index (χ0v) is 9.30. The van der Waals surface area contributed by atoms with E-state index in [4.69, 9.17) is 0 Å². The monoisotopic (exact) mass is 294 g/mol. The van der Waals surface area contributed by atoms with E-state index in [1.54, 1.807) is 0 Å². The van der Waals surface area contributed by atoms with E-state index in [0.29, 0.717) is 0 Å². The van der Waals surface area contributed by atoms with Gasteiger partial charge in [0.1, 0.15) is 0 Å². The lowest BCUT2D eigenvalue weighted by atomic mass is 10.6. The summed E-state index contributed by atoms with van der Waals surface area (Å²) in [4.78, 5) is 0. The van der Waals surface area contributed by atoms with Crippen molar-refractivity contribution in [1.29, 1.82) is 0 Å². The van der Waals surface area contributed by atoms with Gasteiger partial charge in [0.25, 0.3) is 6.08 Å². The molecule has 0 spiro atoms. The second-order valence-corrected chi connectivity index (χ2v) is 2.46. The molecule has 0 aromatic rings. The van der Waals surface area contributed by atoms with Gasteiger partial charge in [-0.15, -0.1) is 13.2 Å². The summed E-state index contributed by atoms with van der Waals surface area (Å²) in [6.07, 6.45) is -11.9. The van der Waals surface area contributed by atoms with E-state index in [1.807, 2.05) is 0 Å². The summed E-state index contributed by atoms with van der Waals surface area (Å²) in [5, 5.41) is 0. The van der Waals surface area contributed by atoms with Crippen LogP contribution >= 0.6 is 0 Å². The Morgan fingerprint density at radius 3 is 1.33 bits per heavy atom. The van der Waals surface area contributed by atoms with Gasteiger partial charge in [-0.25, -0.2) is 4.39 Å². The molecule has 0 radical (unpaired) electrons. The Morgan fingerprint density at radius 1 is 1.00 bits per heavy atom. The lowest BCUT2D eigenvalue weighted by Gasteiger charge is -2.08. The zero-order valence-electron chi connectivity index (χ0n) is 9.30. The van der Waals surface area contributed by atoms with Gasteiger partial charge < -0.3 is 0 Å². The van der Waals surface area contributed by atoms with E-state index in [2.05, 4.69) is 18.6 Å². The van der Waals surface area contributed by atoms with Crippen LogP contribution in [0.2, 0.25) is 0 Å². The van der Waals surface area contributed by atoms with Crippen LogP contribution < -0.4 is 0 Å². The smallest absolute Gasteiger partial charge is 0.282 e. The molecule has 18 heavy (non-hydrogen) atoms. The first-order valence-corrected chi connectivity index (χ1v) is 4.28. The minimum atomic E-state index is -5.21. The molecule has 10 heteroatoms. The highest BCUT2D eigenvalue weighted by Crippen LogP contribution is 2.22. The Kier molecular flexibility index (Phi) is 13.8. The first kappa shape index (κ1) is 22.3. The van der Waals surface area contributed by atoms with Gasteiger partial charge in [-0.05, 0) is 0 Å². The molecule has 1 nitrogen and oxygen atoms in total. The van der Waals surface area contributed by atoms with Crippen LogP contribution in [0.15, 0.2) is 12.4 Å². The Morgan fingerprint density at radius 2 is 1.28 bits per heavy atom. The molecule has 0 fully saturated rings. The second kappa shape index (κ2) is 11.2. The van der Waals surface area contributed by atoms with Crippen molar-refractivity contribution in [3.05, 3.63) is 12.4 Å². The highest BCUT2D eigenvalue weighted by molar-refractivity contribution is 4.66. The van der Waals surface area contributed by atoms with Crippen LogP contribution in [0.25, 0.3) is 0 Å². The van der Waals surface area contributed by atoms with Crippen molar-refractivity contribution in [2.24, 2.45) is 0 Å². The molecule has 0 aromatic heterocycles. The molecular formula is C8H11F9O. The lowest BCUT2D eigenvalue weighted by Crippen LogP contribution is -2.24. The summed E-state index contributed by atoms with van der Waals surface area (Å²) in [7, 11) is 0. The Hall–Kier alpha value is -0.930. The van der Waals surface area contributed by atoms with Crippen molar-refractivity contribution < 1.29 is 44.3 Å². The summed E-state index contributed by atoms with van der Waals surface area (Å²) in [6, 6.07) is 0. The van der Waals surface area contributed by atoms with Gasteiger partial charge in [-0.3, -0.25) is 4.74 Å². The van der Waals surface area contributed by atoms with Gasteiger partial charge >= 0.3 is 12.5 Å². The maximum atomic E-state index is 11.0. The molecule has 0 aliphatic carbocycles. The van der Waals surface area contributed by atoms with Crippen molar-refractivity contribution in [3.8, 4) is 0 Å². The first-order valence-electron chi connectivity index (χ1n) is 4.28. The van der Waals surface area contributed by atoms with Crippen LogP contribution in [0.3, 0.4) is 0 Å². The van der Waals surface area contributed by atoms with E-state index in [1.165, 1.54) is 6.42 Å². The number of halogens is 9. The minimum Gasteiger partial charge on any atom is -0.282 e. The Bertz CT molecular complexity index is 188. The van der Waals surface area contributed by atoms with Gasteiger partial charge in [-0.2, -0.15) is 22.0 Å². The van der Waals surface area contributed by atoms with Gasteiger partial charge in [-0.1, -0.05) is 20.3 Å². The first-order chi connectivity index (χ1) is 7.89. The zero-order chi connectivity index (χ0) is 15.4. The topological polar surface area (TPSA) is 9.23 Å². The minimum absolute atomic E-state index is 0.750. The van der Waals surface area contributed by atoms with E-state index in [0.717, 1.165) is 0 Å². The molecule has 0 aliphatic heterocycles. The Balaban J connectivity index is -0.000000235. The number of hydrogen-bond donors (Lipinski definition) is 0. The fourth-order valence-corrected chi connectivity index (χ4v) is 0.164. The third-order valence-electron chi connectivity index (χ3n) is 0.482. The normalized spacial score (nSPS) is 10.6. The highest BCUT2D eigenvalue weighted by atomic mass is 19.4. The molecule has 0 atom stereocenters. The van der Waals surface area contributed by atoms with Crippen LogP contribution in [-0.4, -0.2) is 19.1 Å². The van der Waals surface area contributed by atoms with Gasteiger partial charge in [0.15, 0.2) is 12.9 Å². The molecular weight excluding hydrogens is 283 g/mol. The van der Waals surface area contributed by atoms with Crippen LogP contribution in [0.1, 0.15) is 20.3 Å². The molecule has 0 rings (SSSR count). The van der Waals surface area contributed by atoms with Crippen molar-refractivity contribution in [2.45, 2.75) is 32.8 Å². The van der Waals surface area contributed by atoms with Gasteiger partial charge in [0.2, 0.25) is 0 Å². The third-order valence-corrected chi connectivity index (χ3v) is 0.482. The maximum absolute atomic E-state index is 11.0. The summed E-state index contributed by atoms with van der Waals surface area (Å²) >= 11 is 0. The number of hydrogen-bond acceptors (Lipinski definition) is 1. The molecule has 0 aliphatic rings. The highest BCUT2D eigenvalue weighted by Gasteiger charge is 2.37. The van der Waals surface area contributed by atoms with E-state index >= 15 is 0 Å².